The van der Waals surface area contributed by atoms with Crippen LogP contribution >= 0.6 is 12.4 Å². The number of halogens is 1. The topological polar surface area (TPSA) is 69.7 Å². The molecule has 0 radical (unpaired) electrons. The van der Waals surface area contributed by atoms with Crippen LogP contribution in [0, 0.1) is 13.8 Å². The smallest absolute Gasteiger partial charge is 0.266 e. The van der Waals surface area contributed by atoms with Gasteiger partial charge in [-0.25, -0.2) is 4.90 Å². The maximum atomic E-state index is 13.1. The molecule has 0 saturated carbocycles. The van der Waals surface area contributed by atoms with E-state index >= 15 is 0 Å². The standard InChI is InChI=1S/C23H25N3O3.ClH/c1-14-4-5-15(2)20(12-14)26-22(28)18-7-6-16(13-19(18)23(26)29)21(27)25(3)17-8-10-24-11-9-17;/h4-7,12-13,17,24H,8-11H2,1-3H3;1H. The number of carbonyl (C=O) groups is 3. The number of piperidine rings is 1. The molecule has 6 nitrogen and oxygen atoms in total. The Hall–Kier alpha value is -2.70. The third kappa shape index (κ3) is 3.73. The predicted molar refractivity (Wildman–Crippen MR) is 119 cm³/mol. The van der Waals surface area contributed by atoms with Crippen LogP contribution in [0.15, 0.2) is 36.4 Å². The van der Waals surface area contributed by atoms with E-state index in [2.05, 4.69) is 5.32 Å². The van der Waals surface area contributed by atoms with Crippen LogP contribution in [-0.4, -0.2) is 48.8 Å². The van der Waals surface area contributed by atoms with Crippen LogP contribution in [0.5, 0.6) is 0 Å². The van der Waals surface area contributed by atoms with E-state index in [9.17, 15) is 14.4 Å². The molecule has 2 aliphatic rings. The SMILES string of the molecule is Cc1ccc(C)c(N2C(=O)c3ccc(C(=O)N(C)C4CCNCC4)cc3C2=O)c1.Cl. The first kappa shape index (κ1) is 22.0. The van der Waals surface area contributed by atoms with Crippen molar-refractivity contribution in [3.05, 3.63) is 64.2 Å². The number of fused-ring (bicyclic) bond motifs is 1. The first-order valence-electron chi connectivity index (χ1n) is 9.96. The molecule has 3 amide bonds. The Morgan fingerprint density at radius 3 is 2.37 bits per heavy atom. The lowest BCUT2D eigenvalue weighted by Crippen LogP contribution is -2.44. The molecular weight excluding hydrogens is 402 g/mol. The zero-order valence-corrected chi connectivity index (χ0v) is 18.2. The Balaban J connectivity index is 0.00000256. The largest absolute Gasteiger partial charge is 0.339 e. The number of rotatable bonds is 3. The van der Waals surface area contributed by atoms with Crippen molar-refractivity contribution in [2.24, 2.45) is 0 Å². The van der Waals surface area contributed by atoms with Crippen LogP contribution in [0.4, 0.5) is 5.69 Å². The van der Waals surface area contributed by atoms with Gasteiger partial charge in [0.1, 0.15) is 0 Å². The minimum Gasteiger partial charge on any atom is -0.339 e. The second-order valence-electron chi connectivity index (χ2n) is 7.89. The van der Waals surface area contributed by atoms with Crippen LogP contribution in [-0.2, 0) is 0 Å². The zero-order valence-electron chi connectivity index (χ0n) is 17.4. The second kappa shape index (κ2) is 8.58. The lowest BCUT2D eigenvalue weighted by Gasteiger charge is -2.31. The maximum absolute atomic E-state index is 13.1. The molecule has 1 fully saturated rings. The predicted octanol–water partition coefficient (Wildman–Crippen LogP) is 3.35. The first-order valence-corrected chi connectivity index (χ1v) is 9.96. The van der Waals surface area contributed by atoms with Crippen molar-refractivity contribution in [2.45, 2.75) is 32.7 Å². The molecule has 0 atom stereocenters. The average Bonchev–Trinajstić information content (AvgIpc) is 2.99. The normalized spacial score (nSPS) is 16.3. The lowest BCUT2D eigenvalue weighted by molar-refractivity contribution is 0.0703. The summed E-state index contributed by atoms with van der Waals surface area (Å²) >= 11 is 0. The molecule has 0 unspecified atom stereocenters. The number of nitrogens with zero attached hydrogens (tertiary/aromatic N) is 2. The van der Waals surface area contributed by atoms with Gasteiger partial charge in [0.05, 0.1) is 16.8 Å². The van der Waals surface area contributed by atoms with Gasteiger partial charge in [0.15, 0.2) is 0 Å². The number of anilines is 1. The van der Waals surface area contributed by atoms with Crippen molar-refractivity contribution >= 4 is 35.8 Å². The zero-order chi connectivity index (χ0) is 20.7. The number of hydrogen-bond donors (Lipinski definition) is 1. The molecule has 30 heavy (non-hydrogen) atoms. The molecule has 1 saturated heterocycles. The first-order chi connectivity index (χ1) is 13.9. The minimum atomic E-state index is -0.377. The molecule has 1 N–H and O–H groups in total. The van der Waals surface area contributed by atoms with Crippen LogP contribution in [0.1, 0.15) is 55.0 Å². The van der Waals surface area contributed by atoms with Gasteiger partial charge in [-0.3, -0.25) is 14.4 Å². The maximum Gasteiger partial charge on any atom is 0.266 e. The van der Waals surface area contributed by atoms with Crippen molar-refractivity contribution < 1.29 is 14.4 Å². The van der Waals surface area contributed by atoms with Gasteiger partial charge in [0, 0.05) is 18.7 Å². The van der Waals surface area contributed by atoms with E-state index in [1.54, 1.807) is 30.1 Å². The Morgan fingerprint density at radius 1 is 1.00 bits per heavy atom. The highest BCUT2D eigenvalue weighted by Crippen LogP contribution is 2.32. The highest BCUT2D eigenvalue weighted by atomic mass is 35.5. The monoisotopic (exact) mass is 427 g/mol. The van der Waals surface area contributed by atoms with Crippen molar-refractivity contribution in [3.8, 4) is 0 Å². The van der Waals surface area contributed by atoms with E-state index in [1.807, 2.05) is 32.0 Å². The van der Waals surface area contributed by atoms with Gasteiger partial charge in [-0.15, -0.1) is 12.4 Å². The molecule has 2 aromatic carbocycles. The summed E-state index contributed by atoms with van der Waals surface area (Å²) < 4.78 is 0. The number of imide groups is 1. The van der Waals surface area contributed by atoms with E-state index in [0.717, 1.165) is 37.1 Å². The molecule has 2 heterocycles. The summed E-state index contributed by atoms with van der Waals surface area (Å²) in [6.07, 6.45) is 1.82. The summed E-state index contributed by atoms with van der Waals surface area (Å²) in [6.45, 7) is 5.59. The van der Waals surface area contributed by atoms with Gasteiger partial charge in [-0.05, 0) is 75.2 Å². The van der Waals surface area contributed by atoms with Crippen LogP contribution in [0.3, 0.4) is 0 Å². The molecule has 0 aromatic heterocycles. The van der Waals surface area contributed by atoms with E-state index in [1.165, 1.54) is 4.90 Å². The minimum absolute atomic E-state index is 0. The van der Waals surface area contributed by atoms with Crippen molar-refractivity contribution in [1.29, 1.82) is 0 Å². The second-order valence-corrected chi connectivity index (χ2v) is 7.89. The Kier molecular flexibility index (Phi) is 6.29. The van der Waals surface area contributed by atoms with E-state index < -0.39 is 0 Å². The van der Waals surface area contributed by atoms with Gasteiger partial charge in [-0.2, -0.15) is 0 Å². The summed E-state index contributed by atoms with van der Waals surface area (Å²) in [5.74, 6) is -0.840. The fourth-order valence-electron chi connectivity index (χ4n) is 4.12. The van der Waals surface area contributed by atoms with E-state index in [-0.39, 0.29) is 36.2 Å². The summed E-state index contributed by atoms with van der Waals surface area (Å²) in [6, 6.07) is 10.7. The van der Waals surface area contributed by atoms with Crippen LogP contribution in [0.2, 0.25) is 0 Å². The number of aryl methyl sites for hydroxylation is 2. The molecule has 158 valence electrons. The number of amides is 3. The molecule has 4 rings (SSSR count). The molecule has 7 heteroatoms. The third-order valence-electron chi connectivity index (χ3n) is 5.92. The average molecular weight is 428 g/mol. The van der Waals surface area contributed by atoms with Crippen molar-refractivity contribution in [3.63, 3.8) is 0 Å². The number of hydrogen-bond acceptors (Lipinski definition) is 4. The number of carbonyl (C=O) groups excluding carboxylic acids is 3. The van der Waals surface area contributed by atoms with E-state index in [4.69, 9.17) is 0 Å². The van der Waals surface area contributed by atoms with Gasteiger partial charge in [0.2, 0.25) is 0 Å². The summed E-state index contributed by atoms with van der Waals surface area (Å²) in [7, 11) is 1.81. The molecule has 2 aliphatic heterocycles. The summed E-state index contributed by atoms with van der Waals surface area (Å²) in [4.78, 5) is 42.0. The molecule has 2 aromatic rings. The van der Waals surface area contributed by atoms with Gasteiger partial charge < -0.3 is 10.2 Å². The number of benzene rings is 2. The lowest BCUT2D eigenvalue weighted by atomic mass is 10.0. The molecular formula is C23H26ClN3O3. The highest BCUT2D eigenvalue weighted by Gasteiger charge is 2.38. The number of nitrogens with one attached hydrogen (secondary N) is 1. The third-order valence-corrected chi connectivity index (χ3v) is 5.92. The Bertz CT molecular complexity index is 1010. The Labute approximate surface area is 182 Å². The molecule has 0 aliphatic carbocycles. The van der Waals surface area contributed by atoms with Crippen molar-refractivity contribution in [2.75, 3.05) is 25.0 Å². The highest BCUT2D eigenvalue weighted by molar-refractivity contribution is 6.35. The summed E-state index contributed by atoms with van der Waals surface area (Å²) in [5.41, 5.74) is 3.50. The Morgan fingerprint density at radius 2 is 1.67 bits per heavy atom. The van der Waals surface area contributed by atoms with Gasteiger partial charge in [-0.1, -0.05) is 12.1 Å². The quantitative estimate of drug-likeness (QED) is 0.762. The summed E-state index contributed by atoms with van der Waals surface area (Å²) in [5, 5.41) is 3.30. The molecule has 0 spiro atoms. The van der Waals surface area contributed by atoms with Gasteiger partial charge in [0.25, 0.3) is 17.7 Å². The van der Waals surface area contributed by atoms with Crippen molar-refractivity contribution in [1.82, 2.24) is 10.2 Å². The molecule has 0 bridgehead atoms. The fraction of sp³-hybridized carbons (Fsp3) is 0.348. The van der Waals surface area contributed by atoms with Crippen LogP contribution < -0.4 is 10.2 Å². The fourth-order valence-corrected chi connectivity index (χ4v) is 4.12. The van der Waals surface area contributed by atoms with E-state index in [0.29, 0.717) is 22.4 Å². The van der Waals surface area contributed by atoms with Gasteiger partial charge >= 0.3 is 0 Å². The van der Waals surface area contributed by atoms with Crippen LogP contribution in [0.25, 0.3) is 0 Å².